The first-order chi connectivity index (χ1) is 9.16. The predicted molar refractivity (Wildman–Crippen MR) is 73.0 cm³/mol. The van der Waals surface area contributed by atoms with E-state index in [2.05, 4.69) is 0 Å². The van der Waals surface area contributed by atoms with Gasteiger partial charge in [-0.15, -0.1) is 0 Å². The lowest BCUT2D eigenvalue weighted by Gasteiger charge is -2.02. The molecule has 0 heterocycles. The Kier molecular flexibility index (Phi) is 12.6. The molecule has 112 valence electrons. The molecular formula is C14H27NO4. The molecule has 0 saturated carbocycles. The molecule has 0 aliphatic rings. The number of unbranched alkanes of at least 4 members (excludes halogenated alkanes) is 9. The summed E-state index contributed by atoms with van der Waals surface area (Å²) in [4.78, 5) is 21.0. The van der Waals surface area contributed by atoms with Crippen LogP contribution >= 0.6 is 0 Å². The van der Waals surface area contributed by atoms with E-state index in [9.17, 15) is 9.59 Å². The first-order valence-electron chi connectivity index (χ1n) is 7.31. The molecule has 0 unspecified atom stereocenters. The van der Waals surface area contributed by atoms with Gasteiger partial charge in [-0.3, -0.25) is 14.8 Å². The minimum Gasteiger partial charge on any atom is -0.481 e. The monoisotopic (exact) mass is 273 g/mol. The number of carbonyl (C=O) groups excluding carboxylic acids is 1. The number of amides is 1. The zero-order valence-electron chi connectivity index (χ0n) is 11.7. The normalized spacial score (nSPS) is 10.4. The maximum Gasteiger partial charge on any atom is 0.303 e. The molecule has 0 aromatic heterocycles. The summed E-state index contributed by atoms with van der Waals surface area (Å²) >= 11 is 0. The Morgan fingerprint density at radius 1 is 0.684 bits per heavy atom. The van der Waals surface area contributed by atoms with Crippen LogP contribution in [0.1, 0.15) is 77.0 Å². The Balaban J connectivity index is 3.03. The van der Waals surface area contributed by atoms with Crippen LogP contribution in [-0.4, -0.2) is 22.2 Å². The lowest BCUT2D eigenvalue weighted by molar-refractivity contribution is -0.137. The maximum atomic E-state index is 10.7. The summed E-state index contributed by atoms with van der Waals surface area (Å²) < 4.78 is 0. The van der Waals surface area contributed by atoms with Crippen molar-refractivity contribution in [2.45, 2.75) is 77.0 Å². The van der Waals surface area contributed by atoms with Crippen molar-refractivity contribution < 1.29 is 19.9 Å². The molecule has 0 aromatic carbocycles. The van der Waals surface area contributed by atoms with Crippen LogP contribution < -0.4 is 5.48 Å². The number of hydrogen-bond donors (Lipinski definition) is 3. The average Bonchev–Trinajstić information content (AvgIpc) is 2.39. The molecule has 0 radical (unpaired) electrons. The summed E-state index contributed by atoms with van der Waals surface area (Å²) in [7, 11) is 0. The number of carbonyl (C=O) groups is 2. The van der Waals surface area contributed by atoms with Gasteiger partial charge in [0.15, 0.2) is 0 Å². The van der Waals surface area contributed by atoms with E-state index in [-0.39, 0.29) is 5.91 Å². The van der Waals surface area contributed by atoms with E-state index < -0.39 is 5.97 Å². The number of aliphatic carboxylic acids is 1. The highest BCUT2D eigenvalue weighted by molar-refractivity contribution is 5.74. The van der Waals surface area contributed by atoms with Crippen molar-refractivity contribution in [3.8, 4) is 0 Å². The smallest absolute Gasteiger partial charge is 0.303 e. The molecule has 0 aliphatic carbocycles. The van der Waals surface area contributed by atoms with E-state index in [1.54, 1.807) is 5.48 Å². The molecule has 19 heavy (non-hydrogen) atoms. The standard InChI is InChI=1S/C14H27NO4/c16-13(15-19)11-9-7-5-3-1-2-4-6-8-10-12-14(17)18/h19H,1-12H2,(H,15,16)(H,17,18). The Hall–Kier alpha value is -1.10. The number of nitrogens with one attached hydrogen (secondary N) is 1. The topological polar surface area (TPSA) is 86.6 Å². The average molecular weight is 273 g/mol. The largest absolute Gasteiger partial charge is 0.481 e. The van der Waals surface area contributed by atoms with Gasteiger partial charge in [0, 0.05) is 12.8 Å². The van der Waals surface area contributed by atoms with Crippen molar-refractivity contribution in [3.63, 3.8) is 0 Å². The van der Waals surface area contributed by atoms with Gasteiger partial charge in [-0.25, -0.2) is 5.48 Å². The van der Waals surface area contributed by atoms with Crippen LogP contribution in [0.2, 0.25) is 0 Å². The second-order valence-corrected chi connectivity index (χ2v) is 4.96. The lowest BCUT2D eigenvalue weighted by atomic mass is 10.1. The Labute approximate surface area is 115 Å². The first-order valence-corrected chi connectivity index (χ1v) is 7.31. The van der Waals surface area contributed by atoms with Crippen LogP contribution in [-0.2, 0) is 9.59 Å². The minimum absolute atomic E-state index is 0.293. The predicted octanol–water partition coefficient (Wildman–Crippen LogP) is 3.26. The molecule has 1 amide bonds. The SMILES string of the molecule is O=C(O)CCCCCCCCCCCCC(=O)NO. The summed E-state index contributed by atoms with van der Waals surface area (Å²) in [6.45, 7) is 0. The van der Waals surface area contributed by atoms with E-state index >= 15 is 0 Å². The molecule has 0 rings (SSSR count). The zero-order valence-corrected chi connectivity index (χ0v) is 11.7. The van der Waals surface area contributed by atoms with Crippen molar-refractivity contribution in [2.24, 2.45) is 0 Å². The van der Waals surface area contributed by atoms with Gasteiger partial charge in [-0.05, 0) is 12.8 Å². The fraction of sp³-hybridized carbons (Fsp3) is 0.857. The van der Waals surface area contributed by atoms with Gasteiger partial charge in [0.1, 0.15) is 0 Å². The summed E-state index contributed by atoms with van der Waals surface area (Å²) in [6, 6.07) is 0. The van der Waals surface area contributed by atoms with Crippen molar-refractivity contribution in [3.05, 3.63) is 0 Å². The highest BCUT2D eigenvalue weighted by Crippen LogP contribution is 2.11. The molecule has 0 aromatic rings. The van der Waals surface area contributed by atoms with Crippen LogP contribution in [0, 0.1) is 0 Å². The number of hydroxylamine groups is 1. The second-order valence-electron chi connectivity index (χ2n) is 4.96. The first kappa shape index (κ1) is 17.9. The lowest BCUT2D eigenvalue weighted by Crippen LogP contribution is -2.17. The fourth-order valence-corrected chi connectivity index (χ4v) is 2.03. The van der Waals surface area contributed by atoms with Gasteiger partial charge in [0.05, 0.1) is 0 Å². The Morgan fingerprint density at radius 2 is 1.05 bits per heavy atom. The summed E-state index contributed by atoms with van der Waals surface area (Å²) in [6.07, 6.45) is 11.4. The van der Waals surface area contributed by atoms with Crippen molar-refractivity contribution in [1.29, 1.82) is 0 Å². The highest BCUT2D eigenvalue weighted by Gasteiger charge is 1.99. The van der Waals surface area contributed by atoms with Crippen LogP contribution in [0.4, 0.5) is 0 Å². The molecule has 0 saturated heterocycles. The summed E-state index contributed by atoms with van der Waals surface area (Å²) in [5.41, 5.74) is 1.63. The van der Waals surface area contributed by atoms with Gasteiger partial charge < -0.3 is 5.11 Å². The molecule has 0 aliphatic heterocycles. The van der Waals surface area contributed by atoms with Crippen molar-refractivity contribution >= 4 is 11.9 Å². The van der Waals surface area contributed by atoms with Crippen LogP contribution in [0.5, 0.6) is 0 Å². The molecule has 0 spiro atoms. The van der Waals surface area contributed by atoms with Crippen LogP contribution in [0.3, 0.4) is 0 Å². The summed E-state index contributed by atoms with van der Waals surface area (Å²) in [5, 5.41) is 16.8. The van der Waals surface area contributed by atoms with Crippen molar-refractivity contribution in [1.82, 2.24) is 5.48 Å². The third-order valence-corrected chi connectivity index (χ3v) is 3.17. The number of carboxylic acids is 1. The van der Waals surface area contributed by atoms with Gasteiger partial charge in [-0.1, -0.05) is 51.4 Å². The van der Waals surface area contributed by atoms with E-state index in [4.69, 9.17) is 10.3 Å². The van der Waals surface area contributed by atoms with Gasteiger partial charge in [0.2, 0.25) is 5.91 Å². The van der Waals surface area contributed by atoms with Gasteiger partial charge in [-0.2, -0.15) is 0 Å². The van der Waals surface area contributed by atoms with E-state index in [0.29, 0.717) is 12.8 Å². The van der Waals surface area contributed by atoms with E-state index in [1.165, 1.54) is 25.7 Å². The van der Waals surface area contributed by atoms with Crippen LogP contribution in [0.15, 0.2) is 0 Å². The third kappa shape index (κ3) is 14.8. The third-order valence-electron chi connectivity index (χ3n) is 3.17. The van der Waals surface area contributed by atoms with Gasteiger partial charge in [0.25, 0.3) is 0 Å². The quantitative estimate of drug-likeness (QED) is 0.273. The Bertz CT molecular complexity index is 244. The maximum absolute atomic E-state index is 10.7. The molecule has 0 bridgehead atoms. The Morgan fingerprint density at radius 3 is 1.42 bits per heavy atom. The number of hydrogen-bond acceptors (Lipinski definition) is 3. The molecule has 5 heteroatoms. The molecule has 0 atom stereocenters. The second kappa shape index (κ2) is 13.3. The minimum atomic E-state index is -0.699. The zero-order chi connectivity index (χ0) is 14.3. The van der Waals surface area contributed by atoms with Gasteiger partial charge >= 0.3 is 5.97 Å². The highest BCUT2D eigenvalue weighted by atomic mass is 16.5. The summed E-state index contributed by atoms with van der Waals surface area (Å²) in [5.74, 6) is -1.00. The number of rotatable bonds is 13. The molecule has 3 N–H and O–H groups in total. The van der Waals surface area contributed by atoms with Crippen molar-refractivity contribution in [2.75, 3.05) is 0 Å². The molecule has 0 fully saturated rings. The molecular weight excluding hydrogens is 246 g/mol. The molecule has 5 nitrogen and oxygen atoms in total. The van der Waals surface area contributed by atoms with E-state index in [0.717, 1.165) is 38.5 Å². The van der Waals surface area contributed by atoms with E-state index in [1.807, 2.05) is 0 Å². The fourth-order valence-electron chi connectivity index (χ4n) is 2.03. The van der Waals surface area contributed by atoms with Crippen LogP contribution in [0.25, 0.3) is 0 Å². The number of carboxylic acid groups (broad SMARTS) is 1.